The first-order chi connectivity index (χ1) is 14.9. The molecule has 0 N–H and O–H groups in total. The van der Waals surface area contributed by atoms with Gasteiger partial charge in [0.05, 0.1) is 26.0 Å². The molecule has 1 saturated heterocycles. The molecule has 2 aromatic carbocycles. The van der Waals surface area contributed by atoms with Crippen molar-refractivity contribution in [2.45, 2.75) is 37.7 Å². The predicted octanol–water partition coefficient (Wildman–Crippen LogP) is 3.14. The number of amides is 1. The van der Waals surface area contributed by atoms with Crippen LogP contribution in [0.25, 0.3) is 0 Å². The Kier molecular flexibility index (Phi) is 5.81. The summed E-state index contributed by atoms with van der Waals surface area (Å²) >= 11 is 0. The van der Waals surface area contributed by atoms with Gasteiger partial charge in [-0.2, -0.15) is 0 Å². The Labute approximate surface area is 182 Å². The van der Waals surface area contributed by atoms with Crippen molar-refractivity contribution < 1.29 is 23.9 Å². The quantitative estimate of drug-likeness (QED) is 0.694. The van der Waals surface area contributed by atoms with E-state index in [2.05, 4.69) is 0 Å². The number of methoxy groups -OCH3 is 1. The van der Waals surface area contributed by atoms with Crippen molar-refractivity contribution in [2.75, 3.05) is 20.2 Å². The summed E-state index contributed by atoms with van der Waals surface area (Å²) in [6, 6.07) is 17.2. The molecule has 0 bridgehead atoms. The van der Waals surface area contributed by atoms with E-state index in [4.69, 9.17) is 9.47 Å². The Hall–Kier alpha value is -3.15. The number of ketones is 1. The number of nitrogens with zero attached hydrogens (tertiary/aromatic N) is 1. The smallest absolute Gasteiger partial charge is 0.303 e. The van der Waals surface area contributed by atoms with Crippen LogP contribution in [0.15, 0.2) is 54.6 Å². The third-order valence-corrected chi connectivity index (χ3v) is 6.47. The molecule has 3 unspecified atom stereocenters. The van der Waals surface area contributed by atoms with Crippen molar-refractivity contribution >= 4 is 17.7 Å². The van der Waals surface area contributed by atoms with Gasteiger partial charge in [-0.1, -0.05) is 42.5 Å². The molecule has 2 aromatic rings. The summed E-state index contributed by atoms with van der Waals surface area (Å²) in [4.78, 5) is 39.9. The molecule has 3 atom stereocenters. The molecule has 2 aliphatic rings. The van der Waals surface area contributed by atoms with Gasteiger partial charge in [-0.15, -0.1) is 0 Å². The number of benzene rings is 2. The lowest BCUT2D eigenvalue weighted by molar-refractivity contribution is -0.169. The summed E-state index contributed by atoms with van der Waals surface area (Å²) < 4.78 is 11.2. The monoisotopic (exact) mass is 421 g/mol. The van der Waals surface area contributed by atoms with Gasteiger partial charge in [0.1, 0.15) is 17.1 Å². The highest BCUT2D eigenvalue weighted by Crippen LogP contribution is 2.49. The lowest BCUT2D eigenvalue weighted by Crippen LogP contribution is -2.53. The fourth-order valence-electron chi connectivity index (χ4n) is 5.12. The molecule has 1 aliphatic heterocycles. The van der Waals surface area contributed by atoms with Gasteiger partial charge < -0.3 is 14.4 Å². The normalized spacial score (nSPS) is 25.1. The molecule has 1 heterocycles. The molecule has 1 amide bonds. The maximum atomic E-state index is 13.2. The van der Waals surface area contributed by atoms with Crippen LogP contribution in [0.2, 0.25) is 0 Å². The average Bonchev–Trinajstić information content (AvgIpc) is 3.15. The number of carbonyl (C=O) groups is 3. The van der Waals surface area contributed by atoms with Crippen LogP contribution < -0.4 is 4.74 Å². The van der Waals surface area contributed by atoms with Crippen LogP contribution in [-0.2, 0) is 25.5 Å². The first-order valence-corrected chi connectivity index (χ1v) is 10.6. The number of hydrogen-bond acceptors (Lipinski definition) is 5. The summed E-state index contributed by atoms with van der Waals surface area (Å²) in [7, 11) is 1.59. The summed E-state index contributed by atoms with van der Waals surface area (Å²) in [5.41, 5.74) is 0.849. The summed E-state index contributed by atoms with van der Waals surface area (Å²) in [6.07, 6.45) is 1.22. The molecule has 1 saturated carbocycles. The zero-order chi connectivity index (χ0) is 22.0. The SMILES string of the molecule is COc1cccc(CC(=O)N2CC3C(=O)CCC(c4ccccc4)C3(OC(C)=O)C2)c1. The van der Waals surface area contributed by atoms with Gasteiger partial charge in [0.15, 0.2) is 0 Å². The molecule has 0 spiro atoms. The van der Waals surface area contributed by atoms with Crippen molar-refractivity contribution in [1.29, 1.82) is 0 Å². The van der Waals surface area contributed by atoms with Gasteiger partial charge >= 0.3 is 5.97 Å². The Balaban J connectivity index is 1.64. The van der Waals surface area contributed by atoms with Crippen LogP contribution in [-0.4, -0.2) is 48.4 Å². The highest BCUT2D eigenvalue weighted by atomic mass is 16.6. The minimum absolute atomic E-state index is 0.0603. The Bertz CT molecular complexity index is 988. The number of ether oxygens (including phenoxy) is 2. The third-order valence-electron chi connectivity index (χ3n) is 6.47. The molecule has 0 aromatic heterocycles. The van der Waals surface area contributed by atoms with E-state index >= 15 is 0 Å². The van der Waals surface area contributed by atoms with Crippen LogP contribution >= 0.6 is 0 Å². The molecule has 31 heavy (non-hydrogen) atoms. The highest BCUT2D eigenvalue weighted by Gasteiger charge is 2.60. The minimum atomic E-state index is -1.02. The van der Waals surface area contributed by atoms with E-state index in [0.29, 0.717) is 18.6 Å². The zero-order valence-corrected chi connectivity index (χ0v) is 17.9. The molecule has 4 rings (SSSR count). The van der Waals surface area contributed by atoms with Crippen molar-refractivity contribution in [3.05, 3.63) is 65.7 Å². The van der Waals surface area contributed by atoms with Crippen LogP contribution in [0.4, 0.5) is 0 Å². The van der Waals surface area contributed by atoms with Gasteiger partial charge in [0.2, 0.25) is 5.91 Å². The lowest BCUT2D eigenvalue weighted by Gasteiger charge is -2.43. The maximum Gasteiger partial charge on any atom is 0.303 e. The van der Waals surface area contributed by atoms with Crippen LogP contribution in [0, 0.1) is 5.92 Å². The van der Waals surface area contributed by atoms with E-state index in [1.807, 2.05) is 54.6 Å². The second-order valence-corrected chi connectivity index (χ2v) is 8.37. The number of fused-ring (bicyclic) bond motifs is 1. The standard InChI is InChI=1S/C25H27NO5/c1-17(27)31-25-16-26(24(29)14-18-7-6-10-20(13-18)30-2)15-22(25)23(28)12-11-21(25)19-8-4-3-5-9-19/h3-10,13,21-22H,11-12,14-16H2,1-2H3. The predicted molar refractivity (Wildman–Crippen MR) is 115 cm³/mol. The number of likely N-dealkylation sites (tertiary alicyclic amines) is 1. The molecule has 6 heteroatoms. The summed E-state index contributed by atoms with van der Waals surface area (Å²) in [5.74, 6) is -0.405. The number of rotatable bonds is 5. The molecule has 1 aliphatic carbocycles. The fraction of sp³-hybridized carbons (Fsp3) is 0.400. The van der Waals surface area contributed by atoms with Crippen LogP contribution in [0.3, 0.4) is 0 Å². The van der Waals surface area contributed by atoms with Gasteiger partial charge in [0.25, 0.3) is 0 Å². The van der Waals surface area contributed by atoms with Crippen LogP contribution in [0.5, 0.6) is 5.75 Å². The molecule has 0 radical (unpaired) electrons. The van der Waals surface area contributed by atoms with Crippen LogP contribution in [0.1, 0.15) is 36.8 Å². The summed E-state index contributed by atoms with van der Waals surface area (Å²) in [6.45, 7) is 1.87. The van der Waals surface area contributed by atoms with E-state index < -0.39 is 17.5 Å². The van der Waals surface area contributed by atoms with E-state index in [0.717, 1.165) is 11.1 Å². The minimum Gasteiger partial charge on any atom is -0.497 e. The van der Waals surface area contributed by atoms with Crippen molar-refractivity contribution in [2.24, 2.45) is 5.92 Å². The van der Waals surface area contributed by atoms with E-state index in [1.165, 1.54) is 6.92 Å². The van der Waals surface area contributed by atoms with Crippen molar-refractivity contribution in [3.8, 4) is 5.75 Å². The number of Topliss-reactive ketones (excluding diaryl/α,β-unsaturated/α-hetero) is 1. The maximum absolute atomic E-state index is 13.2. The molecule has 2 fully saturated rings. The topological polar surface area (TPSA) is 72.9 Å². The molecule has 162 valence electrons. The largest absolute Gasteiger partial charge is 0.497 e. The highest BCUT2D eigenvalue weighted by molar-refractivity contribution is 5.87. The van der Waals surface area contributed by atoms with Gasteiger partial charge in [0, 0.05) is 25.8 Å². The Morgan fingerprint density at radius 1 is 1.10 bits per heavy atom. The van der Waals surface area contributed by atoms with Gasteiger partial charge in [-0.3, -0.25) is 14.4 Å². The van der Waals surface area contributed by atoms with Gasteiger partial charge in [-0.25, -0.2) is 0 Å². The first-order valence-electron chi connectivity index (χ1n) is 10.6. The lowest BCUT2D eigenvalue weighted by atomic mass is 9.66. The fourth-order valence-corrected chi connectivity index (χ4v) is 5.12. The Morgan fingerprint density at radius 3 is 2.58 bits per heavy atom. The van der Waals surface area contributed by atoms with Gasteiger partial charge in [-0.05, 0) is 29.7 Å². The Morgan fingerprint density at radius 2 is 1.87 bits per heavy atom. The first kappa shape index (κ1) is 21.1. The second kappa shape index (κ2) is 8.53. The summed E-state index contributed by atoms with van der Waals surface area (Å²) in [5, 5.41) is 0. The number of carbonyl (C=O) groups excluding carboxylic acids is 3. The van der Waals surface area contributed by atoms with E-state index in [1.54, 1.807) is 12.0 Å². The zero-order valence-electron chi connectivity index (χ0n) is 17.9. The van der Waals surface area contributed by atoms with E-state index in [9.17, 15) is 14.4 Å². The number of esters is 1. The average molecular weight is 421 g/mol. The molecular formula is C25H27NO5. The van der Waals surface area contributed by atoms with Crippen molar-refractivity contribution in [3.63, 3.8) is 0 Å². The van der Waals surface area contributed by atoms with Crippen molar-refractivity contribution in [1.82, 2.24) is 4.90 Å². The third kappa shape index (κ3) is 4.07. The number of hydrogen-bond donors (Lipinski definition) is 0. The molecular weight excluding hydrogens is 394 g/mol. The van der Waals surface area contributed by atoms with E-state index in [-0.39, 0.29) is 37.1 Å². The second-order valence-electron chi connectivity index (χ2n) is 8.37. The molecule has 6 nitrogen and oxygen atoms in total.